The number of cyclic esters (lactones) is 1. The molecule has 1 fully saturated rings. The van der Waals surface area contributed by atoms with Gasteiger partial charge in [-0.15, -0.1) is 0 Å². The van der Waals surface area contributed by atoms with Gasteiger partial charge in [0.2, 0.25) is 34.8 Å². The van der Waals surface area contributed by atoms with Crippen LogP contribution in [-0.4, -0.2) is 25.2 Å². The Labute approximate surface area is 146 Å². The molecule has 1 amide bonds. The highest BCUT2D eigenvalue weighted by molar-refractivity contribution is 5.93. The Bertz CT molecular complexity index is 935. The lowest BCUT2D eigenvalue weighted by atomic mass is 10.2. The van der Waals surface area contributed by atoms with Crippen LogP contribution in [0.25, 0.3) is 0 Å². The molecule has 0 aromatic heterocycles. The SMILES string of the molecule is O=C(Oc1c(F)c(F)c(F)c(F)c1F)c1ccc(N2CCOC2=O)cc1F. The first kappa shape index (κ1) is 18.5. The van der Waals surface area contributed by atoms with Crippen molar-refractivity contribution in [3.05, 3.63) is 58.7 Å². The van der Waals surface area contributed by atoms with E-state index >= 15 is 0 Å². The van der Waals surface area contributed by atoms with Crippen LogP contribution in [0.1, 0.15) is 10.4 Å². The lowest BCUT2D eigenvalue weighted by Crippen LogP contribution is -2.23. The summed E-state index contributed by atoms with van der Waals surface area (Å²) >= 11 is 0. The van der Waals surface area contributed by atoms with E-state index in [1.807, 2.05) is 0 Å². The van der Waals surface area contributed by atoms with E-state index in [1.54, 1.807) is 0 Å². The van der Waals surface area contributed by atoms with Crippen molar-refractivity contribution in [1.29, 1.82) is 0 Å². The maximum atomic E-state index is 14.1. The molecule has 3 rings (SSSR count). The molecule has 5 nitrogen and oxygen atoms in total. The monoisotopic (exact) mass is 391 g/mol. The molecule has 0 N–H and O–H groups in total. The first-order valence-corrected chi connectivity index (χ1v) is 7.19. The predicted molar refractivity (Wildman–Crippen MR) is 76.3 cm³/mol. The van der Waals surface area contributed by atoms with Gasteiger partial charge in [0.25, 0.3) is 0 Å². The van der Waals surface area contributed by atoms with Crippen LogP contribution in [0.5, 0.6) is 5.75 Å². The first-order valence-electron chi connectivity index (χ1n) is 7.19. The van der Waals surface area contributed by atoms with Gasteiger partial charge in [0, 0.05) is 0 Å². The molecular formula is C16H7F6NO4. The van der Waals surface area contributed by atoms with E-state index in [0.29, 0.717) is 0 Å². The Kier molecular flexibility index (Phi) is 4.68. The van der Waals surface area contributed by atoms with Crippen molar-refractivity contribution >= 4 is 17.7 Å². The predicted octanol–water partition coefficient (Wildman–Crippen LogP) is 3.70. The molecule has 0 unspecified atom stereocenters. The molecule has 1 aliphatic rings. The highest BCUT2D eigenvalue weighted by Crippen LogP contribution is 2.30. The molecule has 142 valence electrons. The summed E-state index contributed by atoms with van der Waals surface area (Å²) < 4.78 is 89.3. The van der Waals surface area contributed by atoms with Crippen molar-refractivity contribution in [1.82, 2.24) is 0 Å². The highest BCUT2D eigenvalue weighted by atomic mass is 19.2. The molecule has 0 bridgehead atoms. The number of anilines is 1. The second kappa shape index (κ2) is 6.82. The van der Waals surface area contributed by atoms with Crippen LogP contribution in [-0.2, 0) is 4.74 Å². The van der Waals surface area contributed by atoms with Gasteiger partial charge < -0.3 is 9.47 Å². The number of amides is 1. The molecule has 2 aromatic carbocycles. The van der Waals surface area contributed by atoms with E-state index < -0.39 is 58.3 Å². The van der Waals surface area contributed by atoms with E-state index in [0.717, 1.165) is 23.1 Å². The normalized spacial score (nSPS) is 13.7. The van der Waals surface area contributed by atoms with Gasteiger partial charge in [-0.2, -0.15) is 8.78 Å². The van der Waals surface area contributed by atoms with Gasteiger partial charge in [0.15, 0.2) is 0 Å². The van der Waals surface area contributed by atoms with Crippen LogP contribution in [0.15, 0.2) is 18.2 Å². The number of rotatable bonds is 3. The van der Waals surface area contributed by atoms with E-state index in [1.165, 1.54) is 0 Å². The number of hydrogen-bond donors (Lipinski definition) is 0. The smallest absolute Gasteiger partial charge is 0.414 e. The maximum absolute atomic E-state index is 14.1. The standard InChI is InChI=1S/C16H7F6NO4/c17-8-5-6(23-3-4-26-16(23)25)1-2-7(8)15(24)27-14-12(21)10(19)9(18)11(20)13(14)22/h1-2,5H,3-4H2. The number of carbonyl (C=O) groups is 2. The highest BCUT2D eigenvalue weighted by Gasteiger charge is 2.30. The zero-order valence-electron chi connectivity index (χ0n) is 13.0. The van der Waals surface area contributed by atoms with Crippen LogP contribution < -0.4 is 9.64 Å². The second-order valence-corrected chi connectivity index (χ2v) is 5.22. The topological polar surface area (TPSA) is 55.8 Å². The minimum Gasteiger partial charge on any atom is -0.447 e. The fourth-order valence-corrected chi connectivity index (χ4v) is 2.29. The Hall–Kier alpha value is -3.24. The number of esters is 1. The summed E-state index contributed by atoms with van der Waals surface area (Å²) in [5.74, 6) is -16.6. The molecule has 1 aliphatic heterocycles. The van der Waals surface area contributed by atoms with Crippen molar-refractivity contribution in [3.8, 4) is 5.75 Å². The molecule has 0 spiro atoms. The average molecular weight is 391 g/mol. The quantitative estimate of drug-likeness (QED) is 0.263. The van der Waals surface area contributed by atoms with Gasteiger partial charge in [-0.25, -0.2) is 27.2 Å². The lowest BCUT2D eigenvalue weighted by Gasteiger charge is -2.14. The van der Waals surface area contributed by atoms with Crippen LogP contribution in [0.3, 0.4) is 0 Å². The van der Waals surface area contributed by atoms with Gasteiger partial charge in [0.1, 0.15) is 12.4 Å². The van der Waals surface area contributed by atoms with E-state index in [-0.39, 0.29) is 18.8 Å². The molecule has 0 saturated carbocycles. The third kappa shape index (κ3) is 3.15. The summed E-state index contributed by atoms with van der Waals surface area (Å²) in [7, 11) is 0. The minimum absolute atomic E-state index is 0.0304. The number of benzene rings is 2. The summed E-state index contributed by atoms with van der Waals surface area (Å²) in [6.45, 7) is 0.205. The van der Waals surface area contributed by atoms with Crippen molar-refractivity contribution in [3.63, 3.8) is 0 Å². The summed E-state index contributed by atoms with van der Waals surface area (Å²) in [4.78, 5) is 24.4. The number of ether oxygens (including phenoxy) is 2. The summed E-state index contributed by atoms with van der Waals surface area (Å²) in [6.07, 6.45) is -0.744. The fourth-order valence-electron chi connectivity index (χ4n) is 2.29. The third-order valence-electron chi connectivity index (χ3n) is 3.61. The summed E-state index contributed by atoms with van der Waals surface area (Å²) in [5.41, 5.74) is -0.821. The Morgan fingerprint density at radius 1 is 0.963 bits per heavy atom. The Morgan fingerprint density at radius 2 is 1.56 bits per heavy atom. The summed E-state index contributed by atoms with van der Waals surface area (Å²) in [6, 6.07) is 2.69. The molecule has 0 radical (unpaired) electrons. The van der Waals surface area contributed by atoms with Gasteiger partial charge >= 0.3 is 12.1 Å². The Morgan fingerprint density at radius 3 is 2.07 bits per heavy atom. The van der Waals surface area contributed by atoms with Gasteiger partial charge in [-0.05, 0) is 18.2 Å². The van der Waals surface area contributed by atoms with Gasteiger partial charge in [-0.3, -0.25) is 4.90 Å². The van der Waals surface area contributed by atoms with Crippen LogP contribution in [0.4, 0.5) is 36.8 Å². The number of carbonyl (C=O) groups excluding carboxylic acids is 2. The van der Waals surface area contributed by atoms with Crippen LogP contribution >= 0.6 is 0 Å². The molecule has 1 heterocycles. The maximum Gasteiger partial charge on any atom is 0.414 e. The number of hydrogen-bond acceptors (Lipinski definition) is 4. The van der Waals surface area contributed by atoms with E-state index in [9.17, 15) is 35.9 Å². The molecule has 27 heavy (non-hydrogen) atoms. The zero-order valence-corrected chi connectivity index (χ0v) is 13.0. The molecule has 0 aliphatic carbocycles. The van der Waals surface area contributed by atoms with Crippen LogP contribution in [0, 0.1) is 34.9 Å². The molecule has 0 atom stereocenters. The third-order valence-corrected chi connectivity index (χ3v) is 3.61. The summed E-state index contributed by atoms with van der Waals surface area (Å²) in [5, 5.41) is 0. The number of halogens is 6. The Balaban J connectivity index is 1.91. The zero-order chi connectivity index (χ0) is 19.9. The van der Waals surface area contributed by atoms with Crippen molar-refractivity contribution in [2.24, 2.45) is 0 Å². The molecule has 1 saturated heterocycles. The molecular weight excluding hydrogens is 384 g/mol. The van der Waals surface area contributed by atoms with Crippen molar-refractivity contribution < 1.29 is 45.4 Å². The first-order chi connectivity index (χ1) is 12.7. The van der Waals surface area contributed by atoms with Crippen molar-refractivity contribution in [2.45, 2.75) is 0 Å². The molecule has 2 aromatic rings. The fraction of sp³-hybridized carbons (Fsp3) is 0.125. The van der Waals surface area contributed by atoms with Crippen LogP contribution in [0.2, 0.25) is 0 Å². The van der Waals surface area contributed by atoms with E-state index in [4.69, 9.17) is 0 Å². The minimum atomic E-state index is -2.43. The average Bonchev–Trinajstić information content (AvgIpc) is 3.07. The van der Waals surface area contributed by atoms with Gasteiger partial charge in [-0.1, -0.05) is 0 Å². The second-order valence-electron chi connectivity index (χ2n) is 5.22. The number of nitrogens with zero attached hydrogens (tertiary/aromatic N) is 1. The van der Waals surface area contributed by atoms with Crippen molar-refractivity contribution in [2.75, 3.05) is 18.1 Å². The molecule has 11 heteroatoms. The van der Waals surface area contributed by atoms with E-state index in [2.05, 4.69) is 9.47 Å². The lowest BCUT2D eigenvalue weighted by molar-refractivity contribution is 0.0711. The van der Waals surface area contributed by atoms with Gasteiger partial charge in [0.05, 0.1) is 17.8 Å². The largest absolute Gasteiger partial charge is 0.447 e.